The lowest BCUT2D eigenvalue weighted by molar-refractivity contribution is -0.133. The van der Waals surface area contributed by atoms with E-state index in [1.165, 1.54) is 4.31 Å². The fourth-order valence-electron chi connectivity index (χ4n) is 2.93. The highest BCUT2D eigenvalue weighted by atomic mass is 32.2. The van der Waals surface area contributed by atoms with E-state index in [9.17, 15) is 13.2 Å². The van der Waals surface area contributed by atoms with Gasteiger partial charge in [0, 0.05) is 13.1 Å². The lowest BCUT2D eigenvalue weighted by atomic mass is 10.0. The number of ether oxygens (including phenoxy) is 1. The highest BCUT2D eigenvalue weighted by Crippen LogP contribution is 2.29. The Kier molecular flexibility index (Phi) is 6.23. The van der Waals surface area contributed by atoms with Crippen LogP contribution in [0.15, 0.2) is 18.2 Å². The molecule has 0 N–H and O–H groups in total. The molecule has 1 heterocycles. The standard InChI is InChI=1S/C17H26N2O4S/c1-4-14-7-6-8-15(5-2)17(14)19(24(3,21)22)13-16(20)18-9-11-23-12-10-18/h6-8H,4-5,9-13H2,1-3H3. The summed E-state index contributed by atoms with van der Waals surface area (Å²) in [6.07, 6.45) is 2.58. The van der Waals surface area contributed by atoms with Gasteiger partial charge < -0.3 is 9.64 Å². The van der Waals surface area contributed by atoms with Crippen LogP contribution >= 0.6 is 0 Å². The lowest BCUT2D eigenvalue weighted by Crippen LogP contribution is -2.47. The van der Waals surface area contributed by atoms with Crippen LogP contribution in [-0.4, -0.2) is 58.3 Å². The molecule has 2 rings (SSSR count). The Balaban J connectivity index is 2.38. The molecular formula is C17H26N2O4S. The van der Waals surface area contributed by atoms with Crippen molar-refractivity contribution >= 4 is 21.6 Å². The molecule has 24 heavy (non-hydrogen) atoms. The molecule has 1 aromatic rings. The average molecular weight is 354 g/mol. The molecule has 0 saturated carbocycles. The van der Waals surface area contributed by atoms with Crippen molar-refractivity contribution in [2.24, 2.45) is 0 Å². The van der Waals surface area contributed by atoms with Crippen LogP contribution in [-0.2, 0) is 32.4 Å². The van der Waals surface area contributed by atoms with E-state index in [2.05, 4.69) is 0 Å². The van der Waals surface area contributed by atoms with Crippen LogP contribution < -0.4 is 4.31 Å². The highest BCUT2D eigenvalue weighted by Gasteiger charge is 2.27. The number of sulfonamides is 1. The molecule has 1 aliphatic rings. The van der Waals surface area contributed by atoms with Gasteiger partial charge in [-0.15, -0.1) is 0 Å². The second-order valence-corrected chi connectivity index (χ2v) is 7.80. The number of hydrogen-bond acceptors (Lipinski definition) is 4. The van der Waals surface area contributed by atoms with Crippen molar-refractivity contribution in [2.75, 3.05) is 43.4 Å². The summed E-state index contributed by atoms with van der Waals surface area (Å²) in [6.45, 7) is 5.82. The zero-order valence-electron chi connectivity index (χ0n) is 14.6. The molecule has 0 radical (unpaired) electrons. The third kappa shape index (κ3) is 4.27. The van der Waals surface area contributed by atoms with Crippen molar-refractivity contribution in [1.82, 2.24) is 4.90 Å². The number of morpholine rings is 1. The summed E-state index contributed by atoms with van der Waals surface area (Å²) >= 11 is 0. The Labute approximate surface area is 144 Å². The second kappa shape index (κ2) is 7.98. The maximum atomic E-state index is 12.6. The molecule has 1 fully saturated rings. The van der Waals surface area contributed by atoms with Crippen molar-refractivity contribution in [2.45, 2.75) is 26.7 Å². The van der Waals surface area contributed by atoms with Crippen molar-refractivity contribution in [3.05, 3.63) is 29.3 Å². The minimum Gasteiger partial charge on any atom is -0.378 e. The van der Waals surface area contributed by atoms with Crippen LogP contribution in [0.25, 0.3) is 0 Å². The van der Waals surface area contributed by atoms with Crippen LogP contribution in [0.2, 0.25) is 0 Å². The third-order valence-electron chi connectivity index (χ3n) is 4.26. The molecule has 0 atom stereocenters. The summed E-state index contributed by atoms with van der Waals surface area (Å²) in [6, 6.07) is 5.78. The zero-order valence-corrected chi connectivity index (χ0v) is 15.4. The molecule has 1 aliphatic heterocycles. The molecule has 7 heteroatoms. The van der Waals surface area contributed by atoms with E-state index < -0.39 is 10.0 Å². The Morgan fingerprint density at radius 3 is 2.17 bits per heavy atom. The molecule has 1 amide bonds. The van der Waals surface area contributed by atoms with Crippen LogP contribution in [0.3, 0.4) is 0 Å². The molecule has 1 saturated heterocycles. The van der Waals surface area contributed by atoms with E-state index in [4.69, 9.17) is 4.74 Å². The fourth-order valence-corrected chi connectivity index (χ4v) is 3.84. The number of para-hydroxylation sites is 1. The number of hydrogen-bond donors (Lipinski definition) is 0. The minimum absolute atomic E-state index is 0.164. The number of aryl methyl sites for hydroxylation is 2. The summed E-state index contributed by atoms with van der Waals surface area (Å²) in [5, 5.41) is 0. The SMILES string of the molecule is CCc1cccc(CC)c1N(CC(=O)N1CCOCC1)S(C)(=O)=O. The molecule has 0 aliphatic carbocycles. The molecule has 6 nitrogen and oxygen atoms in total. The predicted molar refractivity (Wildman–Crippen MR) is 94.8 cm³/mol. The summed E-state index contributed by atoms with van der Waals surface area (Å²) in [5.41, 5.74) is 2.54. The molecule has 1 aromatic carbocycles. The summed E-state index contributed by atoms with van der Waals surface area (Å²) in [5.74, 6) is -0.184. The van der Waals surface area contributed by atoms with Gasteiger partial charge in [-0.05, 0) is 24.0 Å². The van der Waals surface area contributed by atoms with E-state index in [1.807, 2.05) is 32.0 Å². The van der Waals surface area contributed by atoms with Gasteiger partial charge in [0.2, 0.25) is 15.9 Å². The Morgan fingerprint density at radius 2 is 1.71 bits per heavy atom. The highest BCUT2D eigenvalue weighted by molar-refractivity contribution is 7.92. The van der Waals surface area contributed by atoms with Crippen molar-refractivity contribution in [3.8, 4) is 0 Å². The van der Waals surface area contributed by atoms with Gasteiger partial charge in [-0.1, -0.05) is 32.0 Å². The summed E-state index contributed by atoms with van der Waals surface area (Å²) < 4.78 is 31.4. The maximum Gasteiger partial charge on any atom is 0.243 e. The zero-order chi connectivity index (χ0) is 17.7. The fraction of sp³-hybridized carbons (Fsp3) is 0.588. The number of rotatable bonds is 6. The first-order chi connectivity index (χ1) is 11.4. The van der Waals surface area contributed by atoms with Gasteiger partial charge in [0.25, 0.3) is 0 Å². The monoisotopic (exact) mass is 354 g/mol. The summed E-state index contributed by atoms with van der Waals surface area (Å²) in [4.78, 5) is 14.3. The Bertz CT molecular complexity index is 660. The first-order valence-corrected chi connectivity index (χ1v) is 10.2. The van der Waals surface area contributed by atoms with Crippen LogP contribution in [0.4, 0.5) is 5.69 Å². The number of nitrogens with zero attached hydrogens (tertiary/aromatic N) is 2. The average Bonchev–Trinajstić information content (AvgIpc) is 2.58. The van der Waals surface area contributed by atoms with Gasteiger partial charge in [0.15, 0.2) is 0 Å². The normalized spacial score (nSPS) is 15.4. The quantitative estimate of drug-likeness (QED) is 0.775. The molecule has 0 unspecified atom stereocenters. The summed E-state index contributed by atoms with van der Waals surface area (Å²) in [7, 11) is -3.56. The largest absolute Gasteiger partial charge is 0.378 e. The molecule has 0 bridgehead atoms. The van der Waals surface area contributed by atoms with E-state index in [1.54, 1.807) is 4.90 Å². The molecule has 0 aromatic heterocycles. The van der Waals surface area contributed by atoms with E-state index in [0.717, 1.165) is 17.4 Å². The number of benzene rings is 1. The molecule has 134 valence electrons. The number of amides is 1. The van der Waals surface area contributed by atoms with Gasteiger partial charge in [0.1, 0.15) is 6.54 Å². The van der Waals surface area contributed by atoms with Crippen LogP contribution in [0.1, 0.15) is 25.0 Å². The van der Waals surface area contributed by atoms with E-state index >= 15 is 0 Å². The van der Waals surface area contributed by atoms with Gasteiger partial charge in [-0.25, -0.2) is 8.42 Å². The predicted octanol–water partition coefficient (Wildman–Crippen LogP) is 1.44. The second-order valence-electron chi connectivity index (χ2n) is 5.89. The van der Waals surface area contributed by atoms with Gasteiger partial charge >= 0.3 is 0 Å². The number of carbonyl (C=O) groups excluding carboxylic acids is 1. The first-order valence-electron chi connectivity index (χ1n) is 8.32. The van der Waals surface area contributed by atoms with Crippen LogP contribution in [0.5, 0.6) is 0 Å². The Hall–Kier alpha value is -1.60. The van der Waals surface area contributed by atoms with Crippen molar-refractivity contribution in [3.63, 3.8) is 0 Å². The molecule has 0 spiro atoms. The van der Waals surface area contributed by atoms with Gasteiger partial charge in [0.05, 0.1) is 25.2 Å². The van der Waals surface area contributed by atoms with Gasteiger partial charge in [-0.2, -0.15) is 0 Å². The maximum absolute atomic E-state index is 12.6. The lowest BCUT2D eigenvalue weighted by Gasteiger charge is -2.31. The minimum atomic E-state index is -3.56. The van der Waals surface area contributed by atoms with E-state index in [0.29, 0.717) is 44.8 Å². The molecular weight excluding hydrogens is 328 g/mol. The Morgan fingerprint density at radius 1 is 1.17 bits per heavy atom. The number of anilines is 1. The van der Waals surface area contributed by atoms with Crippen molar-refractivity contribution in [1.29, 1.82) is 0 Å². The number of carbonyl (C=O) groups is 1. The smallest absolute Gasteiger partial charge is 0.243 e. The van der Waals surface area contributed by atoms with Crippen molar-refractivity contribution < 1.29 is 17.9 Å². The van der Waals surface area contributed by atoms with Gasteiger partial charge in [-0.3, -0.25) is 9.10 Å². The van der Waals surface area contributed by atoms with E-state index in [-0.39, 0.29) is 12.5 Å². The third-order valence-corrected chi connectivity index (χ3v) is 5.37. The topological polar surface area (TPSA) is 66.9 Å². The first kappa shape index (κ1) is 18.7. The van der Waals surface area contributed by atoms with Crippen LogP contribution in [0, 0.1) is 0 Å².